The SMILES string of the molecule is C/C=C1/C(=O)c2c[nH]c3ccc(cc3)[nH]cc3c(=O)c(c[nH]c4cc(Br)c(cc4Br)[nH]cc4c(=O)c(c[nH]c5cc(Cl)c(cc5Cl)[nH]cc5c(=O)c(c(N)c6ccc(cc6)[nH]cc6c(=O)c(c[nH]c7cc(Cl)c(cc7Cl)[nH]cc7c(=O)c(c[nH]c8cc(Br)c(cc8Br)[nH]cc(c2=O)C1=O)C(=O)/C(=C/C)C7=O)C(=O)/C(=C/C)C6=O)C(=O)/C(=C/C)C5=O)C(=O)/C(=C/C)C4=O)C(=O)/C(=C/C)C3=O. The van der Waals surface area contributed by atoms with Crippen molar-refractivity contribution in [3.05, 3.63) is 401 Å². The van der Waals surface area contributed by atoms with Crippen molar-refractivity contribution < 1.29 is 57.5 Å². The number of nitrogens with two attached hydrogens (primary N) is 1. The van der Waals surface area contributed by atoms with Crippen molar-refractivity contribution in [3.8, 4) is 0 Å². The first kappa shape index (κ1) is 96.9. The van der Waals surface area contributed by atoms with Gasteiger partial charge < -0.3 is 60.6 Å². The summed E-state index contributed by atoms with van der Waals surface area (Å²) in [6.07, 6.45) is 19.1. The number of nitrogen functional groups attached to an aromatic ring is 1. The minimum absolute atomic E-state index is 0.00527. The zero-order chi connectivity index (χ0) is 97.0. The van der Waals surface area contributed by atoms with Crippen LogP contribution in [0.3, 0.4) is 0 Å². The number of anilines is 1. The first-order valence-corrected chi connectivity index (χ1v) is 44.2. The summed E-state index contributed by atoms with van der Waals surface area (Å²) in [5, 5.41) is -0.296. The number of aromatic nitrogens is 11. The molecule has 134 heavy (non-hydrogen) atoms. The van der Waals surface area contributed by atoms with Gasteiger partial charge in [0.1, 0.15) is 0 Å². The Hall–Kier alpha value is -14.6. The Morgan fingerprint density at radius 3 is 0.582 bits per heavy atom. The number of allylic oxidation sites excluding steroid dienone is 12. The lowest BCUT2D eigenvalue weighted by Crippen LogP contribution is -2.32. The van der Waals surface area contributed by atoms with Crippen LogP contribution in [0.25, 0.3) is 66.1 Å². The van der Waals surface area contributed by atoms with E-state index in [2.05, 4.69) is 119 Å². The molecule has 30 nitrogen and oxygen atoms in total. The van der Waals surface area contributed by atoms with Crippen molar-refractivity contribution in [2.45, 2.75) is 41.5 Å². The number of benzene rings is 6. The van der Waals surface area contributed by atoms with E-state index in [1.54, 1.807) is 0 Å². The third-order valence-electron chi connectivity index (χ3n) is 21.2. The molecule has 0 aliphatic heterocycles. The maximum atomic E-state index is 14.4. The maximum Gasteiger partial charge on any atom is 0.204 e. The Morgan fingerprint density at radius 1 is 0.224 bits per heavy atom. The second kappa shape index (κ2) is 40.6. The number of carbonyl (C=O) groups is 12. The van der Waals surface area contributed by atoms with Gasteiger partial charge in [0.2, 0.25) is 102 Å². The lowest BCUT2D eigenvalue weighted by molar-refractivity contribution is 0.0937. The van der Waals surface area contributed by atoms with Gasteiger partial charge in [0.05, 0.1) is 170 Å². The van der Waals surface area contributed by atoms with Gasteiger partial charge in [-0.1, -0.05) is 95.0 Å². The molecule has 6 aliphatic rings. The van der Waals surface area contributed by atoms with E-state index in [-0.39, 0.29) is 109 Å². The van der Waals surface area contributed by atoms with E-state index in [1.807, 2.05) is 0 Å². The van der Waals surface area contributed by atoms with Crippen LogP contribution in [0.4, 0.5) is 5.69 Å². The Labute approximate surface area is 805 Å². The molecule has 0 unspecified atom stereocenters. The molecule has 16 aromatic rings. The van der Waals surface area contributed by atoms with Gasteiger partial charge in [-0.2, -0.15) is 0 Å². The number of hydrogen-bond acceptors (Lipinski definition) is 19. The van der Waals surface area contributed by atoms with Gasteiger partial charge in [-0.05, 0) is 196 Å². The number of nitrogens with one attached hydrogen (secondary N) is 11. The quantitative estimate of drug-likeness (QED) is 0.0495. The molecule has 10 aromatic heterocycles. The number of ketones is 12. The molecule has 0 saturated carbocycles. The second-order valence-electron chi connectivity index (χ2n) is 29.1. The molecule has 6 aliphatic carbocycles. The fraction of sp³-hybridized carbons (Fsp3) is 0.0625. The molecule has 0 radical (unpaired) electrons. The van der Waals surface area contributed by atoms with Gasteiger partial charge in [0, 0.05) is 103 Å². The molecule has 672 valence electrons. The maximum absolute atomic E-state index is 14.4. The van der Waals surface area contributed by atoms with Gasteiger partial charge in [0.25, 0.3) is 0 Å². The van der Waals surface area contributed by atoms with Gasteiger partial charge in [-0.3, -0.25) is 86.3 Å². The van der Waals surface area contributed by atoms with Crippen LogP contribution in [-0.2, 0) is 0 Å². The molecule has 38 heteroatoms. The standard InChI is InChI=1S/C96H64Br4Cl4N12O18/c1-7-44-79(117)51-30-107-42-17-19-43(20-18-42)108-31-52-80(118)45(8-2)83(121)54(91(52)129)33-110-70-22-64(100)72(24-62(70)98)112-35-56-85(123)48(11-5)88(126)59(94(56)132)38-115-75-27-68(104)76(28-67(75)103)116-39-60-89(127)49(12-6)95(133)77(96(60)134)78(105)40-13-15-41(16-14-40)106-29-50-81(119)46(9-3)86(124)57(92(50)130)36-113-73-25-66(102)74(26-65(73)101)114-37-58-87(125)47(10-4)84(122)55(93(58)131)34-111-71-23-61(97)69(21-63(71)99)109-32-53(82(44)120)90(51)128/h7-39,106-116H,105H2,1-6H3/b44-7-,45-8+,46-9+,47-10-,48-11+,49-12+,50-29?,51-30?,52-31?,53-32?,54-33?,55-34?,56-35?,57-36?,58-37?,59-38?,60-39?,78-77?. The van der Waals surface area contributed by atoms with Crippen molar-refractivity contribution in [1.29, 1.82) is 0 Å². The first-order chi connectivity index (χ1) is 63.9. The summed E-state index contributed by atoms with van der Waals surface area (Å²) in [7, 11) is 0. The van der Waals surface area contributed by atoms with E-state index in [4.69, 9.17) is 52.1 Å². The van der Waals surface area contributed by atoms with Gasteiger partial charge in [-0.15, -0.1) is 0 Å². The highest BCUT2D eigenvalue weighted by molar-refractivity contribution is 9.11. The monoisotopic (exact) mass is 2130 g/mol. The molecule has 0 spiro atoms. The van der Waals surface area contributed by atoms with Crippen molar-refractivity contribution in [3.63, 3.8) is 0 Å². The number of H-pyrrole nitrogens is 11. The van der Waals surface area contributed by atoms with Crippen molar-refractivity contribution in [1.82, 2.24) is 54.8 Å². The van der Waals surface area contributed by atoms with E-state index in [9.17, 15) is 86.3 Å². The third kappa shape index (κ3) is 19.1. The van der Waals surface area contributed by atoms with Crippen molar-refractivity contribution in [2.24, 2.45) is 0 Å². The summed E-state index contributed by atoms with van der Waals surface area (Å²) in [5.41, 5.74) is -5.92. The lowest BCUT2D eigenvalue weighted by atomic mass is 9.89. The van der Waals surface area contributed by atoms with Crippen LogP contribution in [0.5, 0.6) is 0 Å². The zero-order valence-electron chi connectivity index (χ0n) is 70.0. The lowest BCUT2D eigenvalue weighted by Gasteiger charge is -2.12. The average molecular weight is 2140 g/mol. The highest BCUT2D eigenvalue weighted by atomic mass is 79.9. The minimum atomic E-state index is -1.09. The molecule has 13 N–H and O–H groups in total. The highest BCUT2D eigenvalue weighted by Crippen LogP contribution is 2.32. The summed E-state index contributed by atoms with van der Waals surface area (Å²) in [4.78, 5) is 283. The molecule has 22 rings (SSSR count). The van der Waals surface area contributed by atoms with E-state index in [1.165, 1.54) is 175 Å². The number of carbonyl (C=O) groups excluding carboxylic acids is 12. The molecule has 0 amide bonds. The van der Waals surface area contributed by atoms with Gasteiger partial charge in [0.15, 0.2) is 0 Å². The number of Topliss-reactive ketones (excluding diaryl/α,β-unsaturated/α-hetero) is 12. The van der Waals surface area contributed by atoms with Crippen LogP contribution in [0.15, 0.2) is 282 Å². The van der Waals surface area contributed by atoms with Crippen LogP contribution in [-0.4, -0.2) is 124 Å². The van der Waals surface area contributed by atoms with E-state index >= 15 is 0 Å². The summed E-state index contributed by atoms with van der Waals surface area (Å²) in [5.74, 6) is -11.1. The Morgan fingerprint density at radius 2 is 0.388 bits per heavy atom. The Balaban J connectivity index is 0.963. The fourth-order valence-corrected chi connectivity index (χ4v) is 16.7. The molecule has 0 fully saturated rings. The number of aromatic amines is 11. The molecule has 6 aromatic carbocycles. The molecular formula is C96H64Br4Cl4N12O18. The first-order valence-electron chi connectivity index (χ1n) is 39.5. The molecule has 0 saturated heterocycles. The molecule has 24 bridgehead atoms. The van der Waals surface area contributed by atoms with Crippen molar-refractivity contribution in [2.75, 3.05) is 5.73 Å². The minimum Gasteiger partial charge on any atom is -0.398 e. The second-order valence-corrected chi connectivity index (χ2v) is 34.1. The normalized spacial score (nSPS) is 15.3. The van der Waals surface area contributed by atoms with E-state index in [0.29, 0.717) is 28.9 Å². The van der Waals surface area contributed by atoms with Gasteiger partial charge in [-0.25, -0.2) is 0 Å². The van der Waals surface area contributed by atoms with Crippen molar-refractivity contribution >= 4 is 251 Å². The fourth-order valence-electron chi connectivity index (χ4n) is 14.0. The van der Waals surface area contributed by atoms with Crippen LogP contribution < -0.4 is 38.3 Å². The summed E-state index contributed by atoms with van der Waals surface area (Å²) in [6, 6.07) is 22.8. The largest absolute Gasteiger partial charge is 0.398 e. The van der Waals surface area contributed by atoms with Gasteiger partial charge >= 0.3 is 0 Å². The number of rotatable bonds is 0. The predicted molar refractivity (Wildman–Crippen MR) is 526 cm³/mol. The topological polar surface area (TPSA) is 507 Å². The molecular weight excluding hydrogens is 2070 g/mol. The summed E-state index contributed by atoms with van der Waals surface area (Å²) in [6.45, 7) is 8.53. The number of halogens is 8. The Bertz CT molecular complexity index is 8280. The average Bonchev–Trinajstić information content (AvgIpc) is 0.807. The summed E-state index contributed by atoms with van der Waals surface area (Å²) >= 11 is 40.9. The molecule has 10 heterocycles. The highest BCUT2D eigenvalue weighted by Gasteiger charge is 2.37. The zero-order valence-corrected chi connectivity index (χ0v) is 79.4. The predicted octanol–water partition coefficient (Wildman–Crippen LogP) is 19.2. The Kier molecular flexibility index (Phi) is 29.4. The van der Waals surface area contributed by atoms with Crippen LogP contribution >= 0.6 is 110 Å². The van der Waals surface area contributed by atoms with E-state index in [0.717, 1.165) is 68.2 Å². The van der Waals surface area contributed by atoms with Crippen LogP contribution in [0.1, 0.15) is 166 Å². The smallest absolute Gasteiger partial charge is 0.204 e. The van der Waals surface area contributed by atoms with E-state index < -0.39 is 174 Å². The number of hydrogen-bond donors (Lipinski definition) is 12. The van der Waals surface area contributed by atoms with Crippen LogP contribution in [0.2, 0.25) is 20.1 Å². The van der Waals surface area contributed by atoms with Crippen LogP contribution in [0, 0.1) is 0 Å². The third-order valence-corrected chi connectivity index (χ3v) is 25.1. The molecule has 0 atom stereocenters. The summed E-state index contributed by atoms with van der Waals surface area (Å²) < 4.78 is 1.18.